The molecule has 0 saturated carbocycles. The zero-order valence-corrected chi connectivity index (χ0v) is 9.59. The van der Waals surface area contributed by atoms with Crippen LogP contribution in [-0.4, -0.2) is 14.4 Å². The zero-order valence-electron chi connectivity index (χ0n) is 8.84. The summed E-state index contributed by atoms with van der Waals surface area (Å²) in [5, 5.41) is 0.709. The molecule has 0 bridgehead atoms. The molecule has 4 nitrogen and oxygen atoms in total. The fraction of sp³-hybridized carbons (Fsp3) is 0. The van der Waals surface area contributed by atoms with Gasteiger partial charge < -0.3 is 5.73 Å². The number of hydrogen-bond donors (Lipinski definition) is 1. The van der Waals surface area contributed by atoms with Crippen LogP contribution in [0.4, 0.5) is 5.69 Å². The Morgan fingerprint density at radius 2 is 1.76 bits per heavy atom. The number of rotatable bonds is 1. The van der Waals surface area contributed by atoms with Crippen LogP contribution < -0.4 is 5.73 Å². The standard InChI is InChI=1S/C12H9ClN4/c13-9-3-1-8(2-4-9)11-6-16-12-15-5-10(14)7-17(11)12/h1-7H,14H2. The highest BCUT2D eigenvalue weighted by atomic mass is 35.5. The predicted octanol–water partition coefficient (Wildman–Crippen LogP) is 2.63. The van der Waals surface area contributed by atoms with Gasteiger partial charge in [0.2, 0.25) is 5.78 Å². The summed E-state index contributed by atoms with van der Waals surface area (Å²) >= 11 is 5.86. The molecule has 0 amide bonds. The van der Waals surface area contributed by atoms with Crippen molar-refractivity contribution in [2.45, 2.75) is 0 Å². The number of anilines is 1. The van der Waals surface area contributed by atoms with Crippen LogP contribution >= 0.6 is 11.6 Å². The van der Waals surface area contributed by atoms with E-state index in [-0.39, 0.29) is 0 Å². The van der Waals surface area contributed by atoms with Crippen molar-refractivity contribution in [1.82, 2.24) is 14.4 Å². The first-order valence-electron chi connectivity index (χ1n) is 5.08. The molecular weight excluding hydrogens is 236 g/mol. The molecule has 0 aliphatic carbocycles. The average Bonchev–Trinajstić information content (AvgIpc) is 2.73. The molecule has 0 unspecified atom stereocenters. The van der Waals surface area contributed by atoms with Gasteiger partial charge in [-0.25, -0.2) is 9.97 Å². The summed E-state index contributed by atoms with van der Waals surface area (Å²) in [6.07, 6.45) is 5.16. The Balaban J connectivity index is 2.23. The lowest BCUT2D eigenvalue weighted by atomic mass is 10.2. The van der Waals surface area contributed by atoms with Gasteiger partial charge in [0.05, 0.1) is 23.8 Å². The monoisotopic (exact) mass is 244 g/mol. The van der Waals surface area contributed by atoms with Crippen molar-refractivity contribution in [3.8, 4) is 11.3 Å². The summed E-state index contributed by atoms with van der Waals surface area (Å²) in [7, 11) is 0. The molecule has 0 aliphatic rings. The van der Waals surface area contributed by atoms with Crippen LogP contribution in [0.15, 0.2) is 42.9 Å². The molecule has 0 spiro atoms. The summed E-state index contributed by atoms with van der Waals surface area (Å²) in [6, 6.07) is 7.57. The van der Waals surface area contributed by atoms with E-state index in [2.05, 4.69) is 9.97 Å². The molecule has 2 N–H and O–H groups in total. The quantitative estimate of drug-likeness (QED) is 0.716. The minimum atomic E-state index is 0.603. The van der Waals surface area contributed by atoms with Gasteiger partial charge in [-0.2, -0.15) is 0 Å². The molecule has 5 heteroatoms. The molecule has 1 aromatic carbocycles. The summed E-state index contributed by atoms with van der Waals surface area (Å²) in [5.74, 6) is 0.629. The first kappa shape index (κ1) is 10.1. The highest BCUT2D eigenvalue weighted by molar-refractivity contribution is 6.30. The van der Waals surface area contributed by atoms with Gasteiger partial charge in [0.1, 0.15) is 0 Å². The average molecular weight is 245 g/mol. The third-order valence-corrected chi connectivity index (χ3v) is 2.78. The van der Waals surface area contributed by atoms with Gasteiger partial charge in [0.15, 0.2) is 0 Å². The highest BCUT2D eigenvalue weighted by Crippen LogP contribution is 2.22. The van der Waals surface area contributed by atoms with E-state index in [1.807, 2.05) is 28.7 Å². The third-order valence-electron chi connectivity index (χ3n) is 2.52. The Kier molecular flexibility index (Phi) is 2.23. The molecule has 0 aliphatic heterocycles. The van der Waals surface area contributed by atoms with E-state index in [4.69, 9.17) is 17.3 Å². The minimum absolute atomic E-state index is 0.603. The van der Waals surface area contributed by atoms with E-state index >= 15 is 0 Å². The van der Waals surface area contributed by atoms with Crippen LogP contribution in [0.5, 0.6) is 0 Å². The first-order valence-corrected chi connectivity index (χ1v) is 5.46. The molecule has 84 valence electrons. The van der Waals surface area contributed by atoms with E-state index in [0.717, 1.165) is 11.3 Å². The van der Waals surface area contributed by atoms with Gasteiger partial charge >= 0.3 is 0 Å². The normalized spacial score (nSPS) is 10.9. The van der Waals surface area contributed by atoms with Gasteiger partial charge in [0, 0.05) is 16.8 Å². The topological polar surface area (TPSA) is 56.2 Å². The van der Waals surface area contributed by atoms with Crippen molar-refractivity contribution in [3.63, 3.8) is 0 Å². The van der Waals surface area contributed by atoms with Crippen molar-refractivity contribution in [2.24, 2.45) is 0 Å². The lowest BCUT2D eigenvalue weighted by Gasteiger charge is -2.02. The van der Waals surface area contributed by atoms with Gasteiger partial charge in [-0.15, -0.1) is 0 Å². The summed E-state index contributed by atoms with van der Waals surface area (Å²) in [4.78, 5) is 8.37. The Morgan fingerprint density at radius 3 is 2.53 bits per heavy atom. The smallest absolute Gasteiger partial charge is 0.234 e. The molecule has 0 radical (unpaired) electrons. The van der Waals surface area contributed by atoms with Crippen LogP contribution in [0.2, 0.25) is 5.02 Å². The number of nitrogens with zero attached hydrogens (tertiary/aromatic N) is 3. The molecule has 3 rings (SSSR count). The molecule has 0 fully saturated rings. The molecule has 2 aromatic heterocycles. The fourth-order valence-corrected chi connectivity index (χ4v) is 1.85. The lowest BCUT2D eigenvalue weighted by Crippen LogP contribution is -1.94. The molecule has 2 heterocycles. The van der Waals surface area contributed by atoms with Crippen molar-refractivity contribution < 1.29 is 0 Å². The number of aromatic nitrogens is 3. The molecule has 0 atom stereocenters. The Bertz CT molecular complexity index is 673. The van der Waals surface area contributed by atoms with E-state index < -0.39 is 0 Å². The van der Waals surface area contributed by atoms with Crippen LogP contribution in [0.3, 0.4) is 0 Å². The van der Waals surface area contributed by atoms with Crippen LogP contribution in [-0.2, 0) is 0 Å². The number of nitrogen functional groups attached to an aromatic ring is 1. The maximum absolute atomic E-state index is 5.86. The molecule has 17 heavy (non-hydrogen) atoms. The van der Waals surface area contributed by atoms with Gasteiger partial charge in [-0.3, -0.25) is 4.40 Å². The number of benzene rings is 1. The highest BCUT2D eigenvalue weighted by Gasteiger charge is 2.06. The Labute approximate surface area is 103 Å². The largest absolute Gasteiger partial charge is 0.396 e. The number of fused-ring (bicyclic) bond motifs is 1. The number of nitrogens with two attached hydrogens (primary N) is 1. The van der Waals surface area contributed by atoms with Crippen molar-refractivity contribution >= 4 is 23.1 Å². The second kappa shape index (κ2) is 3.75. The predicted molar refractivity (Wildman–Crippen MR) is 67.8 cm³/mol. The van der Waals surface area contributed by atoms with Crippen LogP contribution in [0.25, 0.3) is 17.0 Å². The second-order valence-corrected chi connectivity index (χ2v) is 4.14. The first-order chi connectivity index (χ1) is 8.24. The maximum atomic E-state index is 5.86. The summed E-state index contributed by atoms with van der Waals surface area (Å²) < 4.78 is 1.86. The zero-order chi connectivity index (χ0) is 11.8. The molecule has 0 saturated heterocycles. The number of imidazole rings is 1. The Morgan fingerprint density at radius 1 is 1.06 bits per heavy atom. The number of halogens is 1. The van der Waals surface area contributed by atoms with Gasteiger partial charge in [-0.05, 0) is 12.1 Å². The fourth-order valence-electron chi connectivity index (χ4n) is 1.72. The van der Waals surface area contributed by atoms with Crippen molar-refractivity contribution in [2.75, 3.05) is 5.73 Å². The molecule has 3 aromatic rings. The van der Waals surface area contributed by atoms with E-state index in [1.165, 1.54) is 0 Å². The SMILES string of the molecule is Nc1cnc2ncc(-c3ccc(Cl)cc3)n2c1. The van der Waals surface area contributed by atoms with Crippen molar-refractivity contribution in [3.05, 3.63) is 47.9 Å². The summed E-state index contributed by atoms with van der Waals surface area (Å²) in [6.45, 7) is 0. The van der Waals surface area contributed by atoms with Gasteiger partial charge in [0.25, 0.3) is 0 Å². The van der Waals surface area contributed by atoms with E-state index in [9.17, 15) is 0 Å². The second-order valence-electron chi connectivity index (χ2n) is 3.71. The maximum Gasteiger partial charge on any atom is 0.234 e. The summed E-state index contributed by atoms with van der Waals surface area (Å²) in [5.41, 5.74) is 8.29. The number of hydrogen-bond acceptors (Lipinski definition) is 3. The van der Waals surface area contributed by atoms with Gasteiger partial charge in [-0.1, -0.05) is 23.7 Å². The minimum Gasteiger partial charge on any atom is -0.396 e. The Hall–Kier alpha value is -2.07. The van der Waals surface area contributed by atoms with Crippen LogP contribution in [0.1, 0.15) is 0 Å². The van der Waals surface area contributed by atoms with Crippen LogP contribution in [0, 0.1) is 0 Å². The van der Waals surface area contributed by atoms with E-state index in [1.54, 1.807) is 18.6 Å². The lowest BCUT2D eigenvalue weighted by molar-refractivity contribution is 1.12. The van der Waals surface area contributed by atoms with E-state index in [0.29, 0.717) is 16.5 Å². The van der Waals surface area contributed by atoms with Crippen molar-refractivity contribution in [1.29, 1.82) is 0 Å². The third kappa shape index (κ3) is 1.72. The molecular formula is C12H9ClN4.